The number of benzene rings is 12. The highest BCUT2D eigenvalue weighted by Gasteiger charge is 2.45. The van der Waals surface area contributed by atoms with E-state index in [4.69, 9.17) is 0 Å². The smallest absolute Gasteiger partial charge is 0.259 e. The monoisotopic (exact) mass is 1740 g/mol. The Hall–Kier alpha value is -13.9. The van der Waals surface area contributed by atoms with Crippen molar-refractivity contribution in [3.63, 3.8) is 0 Å². The van der Waals surface area contributed by atoms with Crippen molar-refractivity contribution in [1.82, 2.24) is 30.7 Å². The minimum Gasteiger partial charge on any atom is -0.367 e. The lowest BCUT2D eigenvalue weighted by Gasteiger charge is -2.36. The summed E-state index contributed by atoms with van der Waals surface area (Å²) < 4.78 is 82.5. The molecule has 6 saturated heterocycles. The molecule has 0 aromatic heterocycles. The molecule has 0 saturated carbocycles. The van der Waals surface area contributed by atoms with E-state index < -0.39 is 70.8 Å². The van der Waals surface area contributed by atoms with Gasteiger partial charge in [-0.25, -0.2) is 26.3 Å². The van der Waals surface area contributed by atoms with Crippen molar-refractivity contribution in [3.8, 4) is 0 Å². The van der Waals surface area contributed by atoms with Gasteiger partial charge in [0.1, 0.15) is 53.0 Å². The third-order valence-corrected chi connectivity index (χ3v) is 26.4. The molecule has 3 N–H and O–H groups in total. The zero-order valence-electron chi connectivity index (χ0n) is 70.5. The first kappa shape index (κ1) is 84.6. The van der Waals surface area contributed by atoms with Crippen LogP contribution in [0.5, 0.6) is 0 Å². The highest BCUT2D eigenvalue weighted by atomic mass is 19.2. The van der Waals surface area contributed by atoms with Crippen LogP contribution in [0.15, 0.2) is 218 Å². The standard InChI is InChI=1S/3C34H30F2N4O3/c3*35-24-9-11-28(27(36)19-24)39-16-14-38(15-17-39)20-22-6-4-21(5-7-22)18-23-8-10-29-32-25(23)2-1-3-26(32)34(43)40(29)30-12-13-31(41)37-33(30)42/h3*1-11,19,30H,12-18,20H2,(H,37,41,42)/t2*30-;/m10./s1. The number of piperidine rings is 3. The molecule has 0 radical (unpaired) electrons. The summed E-state index contributed by atoms with van der Waals surface area (Å²) in [5.41, 5.74) is 15.5. The topological polar surface area (TPSA) is 219 Å². The van der Waals surface area contributed by atoms with Crippen LogP contribution >= 0.6 is 0 Å². The Kier molecular flexibility index (Phi) is 23.4. The normalized spacial score (nSPS) is 18.9. The molecule has 0 spiro atoms. The average Bonchev–Trinajstić information content (AvgIpc) is 1.59. The molecule has 9 aliphatic rings. The van der Waals surface area contributed by atoms with Gasteiger partial charge in [-0.1, -0.05) is 127 Å². The number of piperazine rings is 3. The van der Waals surface area contributed by atoms with Crippen molar-refractivity contribution in [2.75, 3.05) is 108 Å². The molecule has 0 aliphatic carbocycles. The zero-order valence-corrected chi connectivity index (χ0v) is 70.5. The number of carbonyl (C=O) groups is 9. The summed E-state index contributed by atoms with van der Waals surface area (Å²) in [5, 5.41) is 12.6. The molecule has 9 heterocycles. The summed E-state index contributed by atoms with van der Waals surface area (Å²) in [6, 6.07) is 63.6. The fourth-order valence-corrected chi connectivity index (χ4v) is 19.8. The first-order chi connectivity index (χ1) is 62.6. The third kappa shape index (κ3) is 17.2. The number of rotatable bonds is 18. The molecular weight excluding hydrogens is 1650 g/mol. The molecule has 9 aliphatic heterocycles. The number of anilines is 6. The molecule has 129 heavy (non-hydrogen) atoms. The van der Waals surface area contributed by atoms with Crippen molar-refractivity contribution in [3.05, 3.63) is 320 Å². The van der Waals surface area contributed by atoms with Gasteiger partial charge in [0.25, 0.3) is 17.7 Å². The third-order valence-electron chi connectivity index (χ3n) is 26.4. The van der Waals surface area contributed by atoms with Crippen molar-refractivity contribution >= 4 is 120 Å². The van der Waals surface area contributed by atoms with E-state index >= 15 is 0 Å². The van der Waals surface area contributed by atoms with Crippen molar-refractivity contribution in [2.24, 2.45) is 0 Å². The summed E-state index contributed by atoms with van der Waals surface area (Å²) in [6.45, 7) is 11.1. The summed E-state index contributed by atoms with van der Waals surface area (Å²) >= 11 is 0. The van der Waals surface area contributed by atoms with Gasteiger partial charge in [0.15, 0.2) is 0 Å². The van der Waals surface area contributed by atoms with E-state index in [2.05, 4.69) is 103 Å². The van der Waals surface area contributed by atoms with Crippen LogP contribution in [0.3, 0.4) is 0 Å². The molecule has 3 atom stereocenters. The Morgan fingerprint density at radius 3 is 0.767 bits per heavy atom. The van der Waals surface area contributed by atoms with E-state index in [1.165, 1.54) is 53.1 Å². The molecule has 12 aromatic rings. The maximum Gasteiger partial charge on any atom is 0.259 e. The molecule has 21 nitrogen and oxygen atoms in total. The summed E-state index contributed by atoms with van der Waals surface area (Å²) in [4.78, 5) is 131. The predicted octanol–water partition coefficient (Wildman–Crippen LogP) is 14.4. The Morgan fingerprint density at radius 2 is 0.519 bits per heavy atom. The second-order valence-corrected chi connectivity index (χ2v) is 34.4. The number of amides is 9. The van der Waals surface area contributed by atoms with E-state index in [1.807, 2.05) is 87.5 Å². The number of hydrogen-bond donors (Lipinski definition) is 3. The lowest BCUT2D eigenvalue weighted by molar-refractivity contribution is -0.135. The second kappa shape index (κ2) is 35.7. The van der Waals surface area contributed by atoms with Gasteiger partial charge in [-0.15, -0.1) is 0 Å². The minimum atomic E-state index is -0.703. The van der Waals surface area contributed by atoms with Gasteiger partial charge in [-0.2, -0.15) is 0 Å². The SMILES string of the molecule is O=C1CCC(N2C(=O)c3cccc4c(Cc5ccc(CN6CCN(c7ccc(F)cc7F)CC6)cc5)ccc2c34)C(=O)N1.O=C1CC[C@@H](N2C(=O)c3cccc4c(Cc5ccc(CN6CCN(c7ccc(F)cc7F)CC6)cc5)ccc2c34)C(=O)N1.O=C1CC[C@H](N2C(=O)c3cccc4c(Cc5ccc(CN6CCN(c7ccc(F)cc7F)CC6)cc5)ccc2c34)C(=O)N1. The van der Waals surface area contributed by atoms with Gasteiger partial charge in [-0.3, -0.25) is 88.5 Å². The molecule has 654 valence electrons. The average molecular weight is 1740 g/mol. The van der Waals surface area contributed by atoms with E-state index in [0.717, 1.165) is 143 Å². The van der Waals surface area contributed by atoms with Crippen LogP contribution in [0.4, 0.5) is 60.5 Å². The number of halogens is 6. The number of hydrogen-bond acceptors (Lipinski definition) is 15. The molecule has 21 rings (SSSR count). The van der Waals surface area contributed by atoms with Crippen molar-refractivity contribution in [1.29, 1.82) is 0 Å². The largest absolute Gasteiger partial charge is 0.367 e. The lowest BCUT2D eigenvalue weighted by atomic mass is 9.95. The van der Waals surface area contributed by atoms with Gasteiger partial charge in [0, 0.05) is 168 Å². The summed E-state index contributed by atoms with van der Waals surface area (Å²) in [7, 11) is 0. The maximum absolute atomic E-state index is 14.2. The highest BCUT2D eigenvalue weighted by Crippen LogP contribution is 2.46. The van der Waals surface area contributed by atoms with Crippen LogP contribution in [0, 0.1) is 34.9 Å². The second-order valence-electron chi connectivity index (χ2n) is 34.4. The van der Waals surface area contributed by atoms with Gasteiger partial charge in [0.05, 0.1) is 34.1 Å². The van der Waals surface area contributed by atoms with Gasteiger partial charge in [0.2, 0.25) is 35.4 Å². The first-order valence-electron chi connectivity index (χ1n) is 43.7. The number of imide groups is 3. The van der Waals surface area contributed by atoms with Crippen LogP contribution in [0.2, 0.25) is 0 Å². The fraction of sp³-hybridized carbons (Fsp3) is 0.265. The van der Waals surface area contributed by atoms with Crippen LogP contribution in [0.25, 0.3) is 32.3 Å². The Morgan fingerprint density at radius 1 is 0.271 bits per heavy atom. The van der Waals surface area contributed by atoms with E-state index in [-0.39, 0.29) is 54.7 Å². The number of nitrogens with zero attached hydrogens (tertiary/aromatic N) is 9. The first-order valence-corrected chi connectivity index (χ1v) is 43.7. The van der Waals surface area contributed by atoms with Crippen LogP contribution in [0.1, 0.15) is 120 Å². The van der Waals surface area contributed by atoms with Crippen molar-refractivity contribution in [2.45, 2.75) is 95.5 Å². The molecule has 0 bridgehead atoms. The van der Waals surface area contributed by atoms with Crippen LogP contribution in [-0.4, -0.2) is 165 Å². The Balaban J connectivity index is 0.000000126. The molecule has 27 heteroatoms. The highest BCUT2D eigenvalue weighted by molar-refractivity contribution is 6.30. The quantitative estimate of drug-likeness (QED) is 0.0537. The summed E-state index contributed by atoms with van der Waals surface area (Å²) in [6.07, 6.45) is 3.62. The minimum absolute atomic E-state index is 0.208. The summed E-state index contributed by atoms with van der Waals surface area (Å²) in [5.74, 6) is -6.12. The molecule has 1 unspecified atom stereocenters. The fourth-order valence-electron chi connectivity index (χ4n) is 19.8. The number of nitrogens with one attached hydrogen (secondary N) is 3. The van der Waals surface area contributed by atoms with Gasteiger partial charge in [-0.05, 0) is 178 Å². The van der Waals surface area contributed by atoms with Crippen LogP contribution < -0.4 is 45.3 Å². The lowest BCUT2D eigenvalue weighted by Crippen LogP contribution is -2.53. The van der Waals surface area contributed by atoms with Crippen LogP contribution in [-0.2, 0) is 67.7 Å². The van der Waals surface area contributed by atoms with E-state index in [1.54, 1.807) is 32.9 Å². The molecule has 9 amide bonds. The molecule has 12 aromatic carbocycles. The van der Waals surface area contributed by atoms with Gasteiger partial charge < -0.3 is 14.7 Å². The van der Waals surface area contributed by atoms with Gasteiger partial charge >= 0.3 is 0 Å². The molecule has 6 fully saturated rings. The molecular formula is C102H90F6N12O9. The van der Waals surface area contributed by atoms with E-state index in [0.29, 0.717) is 129 Å². The van der Waals surface area contributed by atoms with Crippen molar-refractivity contribution < 1.29 is 69.5 Å². The Labute approximate surface area is 739 Å². The number of carbonyl (C=O) groups excluding carboxylic acids is 9. The predicted molar refractivity (Wildman–Crippen MR) is 480 cm³/mol. The van der Waals surface area contributed by atoms with E-state index in [9.17, 15) is 69.5 Å². The maximum atomic E-state index is 14.2. The Bertz CT molecular complexity index is 5920. The zero-order chi connectivity index (χ0) is 89.0.